The van der Waals surface area contributed by atoms with E-state index in [2.05, 4.69) is 23.8 Å². The molecule has 1 aromatic carbocycles. The van der Waals surface area contributed by atoms with Crippen molar-refractivity contribution in [1.29, 1.82) is 0 Å². The molecule has 116 valence electrons. The van der Waals surface area contributed by atoms with Crippen LogP contribution in [-0.2, 0) is 0 Å². The third-order valence-corrected chi connectivity index (χ3v) is 4.19. The van der Waals surface area contributed by atoms with Crippen LogP contribution in [0, 0.1) is 0 Å². The van der Waals surface area contributed by atoms with E-state index in [4.69, 9.17) is 4.74 Å². The number of carbonyl (C=O) groups excluding carboxylic acids is 1. The van der Waals surface area contributed by atoms with Crippen molar-refractivity contribution in [2.24, 2.45) is 0 Å². The summed E-state index contributed by atoms with van der Waals surface area (Å²) >= 11 is 0. The SMILES string of the molecule is CCOc1ccc(C(=O)CN2CCN(C)C(CC)C2)cc1. The van der Waals surface area contributed by atoms with Crippen LogP contribution in [0.5, 0.6) is 5.75 Å². The number of hydrogen-bond donors (Lipinski definition) is 0. The Morgan fingerprint density at radius 1 is 1.24 bits per heavy atom. The summed E-state index contributed by atoms with van der Waals surface area (Å²) in [5.41, 5.74) is 0.769. The lowest BCUT2D eigenvalue weighted by Gasteiger charge is -2.38. The molecule has 21 heavy (non-hydrogen) atoms. The summed E-state index contributed by atoms with van der Waals surface area (Å²) in [5.74, 6) is 1.01. The van der Waals surface area contributed by atoms with Gasteiger partial charge >= 0.3 is 0 Å². The van der Waals surface area contributed by atoms with E-state index in [1.54, 1.807) is 0 Å². The molecule has 1 atom stereocenters. The van der Waals surface area contributed by atoms with Gasteiger partial charge in [-0.1, -0.05) is 6.92 Å². The van der Waals surface area contributed by atoms with Gasteiger partial charge in [0.1, 0.15) is 5.75 Å². The highest BCUT2D eigenvalue weighted by molar-refractivity contribution is 5.97. The number of nitrogens with zero attached hydrogens (tertiary/aromatic N) is 2. The van der Waals surface area contributed by atoms with Crippen LogP contribution < -0.4 is 4.74 Å². The predicted molar refractivity (Wildman–Crippen MR) is 85.1 cm³/mol. The number of carbonyl (C=O) groups is 1. The molecule has 1 aliphatic heterocycles. The van der Waals surface area contributed by atoms with E-state index in [1.165, 1.54) is 0 Å². The zero-order valence-electron chi connectivity index (χ0n) is 13.3. The zero-order chi connectivity index (χ0) is 15.2. The molecule has 0 bridgehead atoms. The van der Waals surface area contributed by atoms with E-state index in [1.807, 2.05) is 31.2 Å². The minimum absolute atomic E-state index is 0.192. The van der Waals surface area contributed by atoms with Crippen LogP contribution in [0.2, 0.25) is 0 Å². The third kappa shape index (κ3) is 4.29. The Hall–Kier alpha value is -1.39. The van der Waals surface area contributed by atoms with Crippen LogP contribution >= 0.6 is 0 Å². The molecule has 1 aromatic rings. The van der Waals surface area contributed by atoms with Gasteiger partial charge in [-0.3, -0.25) is 9.69 Å². The molecular weight excluding hydrogens is 264 g/mol. The van der Waals surface area contributed by atoms with Crippen LogP contribution in [0.25, 0.3) is 0 Å². The van der Waals surface area contributed by atoms with Gasteiger partial charge in [0.15, 0.2) is 5.78 Å². The van der Waals surface area contributed by atoms with E-state index < -0.39 is 0 Å². The molecule has 1 saturated heterocycles. The van der Waals surface area contributed by atoms with Crippen LogP contribution in [0.1, 0.15) is 30.6 Å². The van der Waals surface area contributed by atoms with Gasteiger partial charge in [-0.05, 0) is 44.7 Å². The molecule has 2 rings (SSSR count). The molecule has 4 heteroatoms. The second-order valence-electron chi connectivity index (χ2n) is 5.66. The molecule has 1 heterocycles. The van der Waals surface area contributed by atoms with Gasteiger partial charge in [0, 0.05) is 31.2 Å². The first-order chi connectivity index (χ1) is 10.1. The molecule has 1 unspecified atom stereocenters. The maximum absolute atomic E-state index is 12.4. The Balaban J connectivity index is 1.91. The molecule has 4 nitrogen and oxygen atoms in total. The van der Waals surface area contributed by atoms with Crippen molar-refractivity contribution in [3.8, 4) is 5.75 Å². The second-order valence-corrected chi connectivity index (χ2v) is 5.66. The highest BCUT2D eigenvalue weighted by Gasteiger charge is 2.24. The van der Waals surface area contributed by atoms with Gasteiger partial charge < -0.3 is 9.64 Å². The van der Waals surface area contributed by atoms with E-state index in [0.717, 1.165) is 37.4 Å². The van der Waals surface area contributed by atoms with Gasteiger partial charge in [0.2, 0.25) is 0 Å². The first-order valence-corrected chi connectivity index (χ1v) is 7.82. The Morgan fingerprint density at radius 2 is 1.95 bits per heavy atom. The zero-order valence-corrected chi connectivity index (χ0v) is 13.3. The highest BCUT2D eigenvalue weighted by Crippen LogP contribution is 2.15. The minimum Gasteiger partial charge on any atom is -0.494 e. The van der Waals surface area contributed by atoms with Crippen molar-refractivity contribution in [3.63, 3.8) is 0 Å². The van der Waals surface area contributed by atoms with Gasteiger partial charge in [-0.15, -0.1) is 0 Å². The average Bonchev–Trinajstić information content (AvgIpc) is 2.50. The minimum atomic E-state index is 0.192. The Kier molecular flexibility index (Phi) is 5.76. The molecule has 0 amide bonds. The van der Waals surface area contributed by atoms with Gasteiger partial charge in [0.05, 0.1) is 13.2 Å². The number of likely N-dealkylation sites (N-methyl/N-ethyl adjacent to an activating group) is 1. The summed E-state index contributed by atoms with van der Waals surface area (Å²) in [7, 11) is 2.17. The van der Waals surface area contributed by atoms with Crippen LogP contribution in [-0.4, -0.2) is 61.5 Å². The van der Waals surface area contributed by atoms with Crippen LogP contribution in [0.3, 0.4) is 0 Å². The fourth-order valence-corrected chi connectivity index (χ4v) is 2.79. The van der Waals surface area contributed by atoms with Crippen molar-refractivity contribution in [3.05, 3.63) is 29.8 Å². The number of Topliss-reactive ketones (excluding diaryl/α,β-unsaturated/α-hetero) is 1. The molecule has 1 fully saturated rings. The van der Waals surface area contributed by atoms with Crippen molar-refractivity contribution < 1.29 is 9.53 Å². The van der Waals surface area contributed by atoms with E-state index in [-0.39, 0.29) is 5.78 Å². The van der Waals surface area contributed by atoms with Crippen molar-refractivity contribution in [2.75, 3.05) is 39.8 Å². The number of hydrogen-bond acceptors (Lipinski definition) is 4. The maximum atomic E-state index is 12.4. The van der Waals surface area contributed by atoms with Gasteiger partial charge in [-0.2, -0.15) is 0 Å². The Labute approximate surface area is 127 Å². The standard InChI is InChI=1S/C17H26N2O2/c1-4-15-12-19(11-10-18(15)3)13-17(20)14-6-8-16(9-7-14)21-5-2/h6-9,15H,4-5,10-13H2,1-3H3. The lowest BCUT2D eigenvalue weighted by molar-refractivity contribution is 0.0743. The summed E-state index contributed by atoms with van der Waals surface area (Å²) in [6.45, 7) is 8.31. The molecule has 0 radical (unpaired) electrons. The summed E-state index contributed by atoms with van der Waals surface area (Å²) < 4.78 is 5.40. The number of ether oxygens (including phenoxy) is 1. The number of rotatable bonds is 6. The molecule has 1 aliphatic rings. The first kappa shape index (κ1) is 16.0. The fourth-order valence-electron chi connectivity index (χ4n) is 2.79. The highest BCUT2D eigenvalue weighted by atomic mass is 16.5. The topological polar surface area (TPSA) is 32.8 Å². The molecule has 0 aliphatic carbocycles. The lowest BCUT2D eigenvalue weighted by Crippen LogP contribution is -2.52. The van der Waals surface area contributed by atoms with Crippen LogP contribution in [0.4, 0.5) is 0 Å². The van der Waals surface area contributed by atoms with E-state index in [0.29, 0.717) is 19.2 Å². The predicted octanol–water partition coefficient (Wildman–Crippen LogP) is 2.29. The fraction of sp³-hybridized carbons (Fsp3) is 0.588. The summed E-state index contributed by atoms with van der Waals surface area (Å²) in [5, 5.41) is 0. The summed E-state index contributed by atoms with van der Waals surface area (Å²) in [4.78, 5) is 17.0. The molecule has 0 saturated carbocycles. The maximum Gasteiger partial charge on any atom is 0.176 e. The second kappa shape index (κ2) is 7.57. The van der Waals surface area contributed by atoms with Crippen LogP contribution in [0.15, 0.2) is 24.3 Å². The molecular formula is C17H26N2O2. The molecule has 0 aromatic heterocycles. The molecule has 0 spiro atoms. The van der Waals surface area contributed by atoms with Gasteiger partial charge in [-0.25, -0.2) is 0 Å². The number of ketones is 1. The molecule has 0 N–H and O–H groups in total. The smallest absolute Gasteiger partial charge is 0.176 e. The lowest BCUT2D eigenvalue weighted by atomic mass is 10.1. The quantitative estimate of drug-likeness (QED) is 0.753. The third-order valence-electron chi connectivity index (χ3n) is 4.19. The Morgan fingerprint density at radius 3 is 2.57 bits per heavy atom. The number of piperazine rings is 1. The van der Waals surface area contributed by atoms with Crippen molar-refractivity contribution in [2.45, 2.75) is 26.3 Å². The van der Waals surface area contributed by atoms with Gasteiger partial charge in [0.25, 0.3) is 0 Å². The monoisotopic (exact) mass is 290 g/mol. The normalized spacial score (nSPS) is 20.4. The van der Waals surface area contributed by atoms with E-state index >= 15 is 0 Å². The largest absolute Gasteiger partial charge is 0.494 e. The Bertz CT molecular complexity index is 458. The summed E-state index contributed by atoms with van der Waals surface area (Å²) in [6.07, 6.45) is 1.13. The average molecular weight is 290 g/mol. The van der Waals surface area contributed by atoms with E-state index in [9.17, 15) is 4.79 Å². The van der Waals surface area contributed by atoms with Crippen molar-refractivity contribution >= 4 is 5.78 Å². The first-order valence-electron chi connectivity index (χ1n) is 7.82. The summed E-state index contributed by atoms with van der Waals surface area (Å²) in [6, 6.07) is 8.03. The number of benzene rings is 1. The van der Waals surface area contributed by atoms with Crippen molar-refractivity contribution in [1.82, 2.24) is 9.80 Å².